The molecule has 1 amide bonds. The molecule has 3 heterocycles. The number of carbonyl (C=O) groups excluding carboxylic acids is 1. The molecule has 168 valence electrons. The molecule has 2 aromatic carbocycles. The van der Waals surface area contributed by atoms with Gasteiger partial charge in [-0.3, -0.25) is 9.48 Å². The van der Waals surface area contributed by atoms with Gasteiger partial charge in [0.1, 0.15) is 16.7 Å². The number of benzene rings is 2. The molecule has 1 aliphatic rings. The number of fused-ring (bicyclic) bond motifs is 1. The van der Waals surface area contributed by atoms with Gasteiger partial charge in [0, 0.05) is 31.1 Å². The third-order valence-electron chi connectivity index (χ3n) is 6.07. The average molecular weight is 469 g/mol. The van der Waals surface area contributed by atoms with Crippen LogP contribution in [0.5, 0.6) is 0 Å². The number of hydrogen-bond donors (Lipinski definition) is 0. The molecule has 1 aliphatic heterocycles. The fourth-order valence-electron chi connectivity index (χ4n) is 4.32. The van der Waals surface area contributed by atoms with Crippen LogP contribution in [0.2, 0.25) is 5.15 Å². The third kappa shape index (κ3) is 3.58. The summed E-state index contributed by atoms with van der Waals surface area (Å²) in [5.41, 5.74) is 2.97. The first-order chi connectivity index (χ1) is 15.8. The van der Waals surface area contributed by atoms with Crippen molar-refractivity contribution in [1.29, 1.82) is 0 Å². The molecule has 4 aromatic rings. The molecule has 0 radical (unpaired) electrons. The van der Waals surface area contributed by atoms with E-state index in [9.17, 15) is 13.6 Å². The Morgan fingerprint density at radius 1 is 1.12 bits per heavy atom. The van der Waals surface area contributed by atoms with Gasteiger partial charge in [-0.1, -0.05) is 41.1 Å². The SMILES string of the molecule is C[C@H]1c2ccccc2[C@@H](c2cnn(C)c2Cl)CN1C(=O)c1cn(-c2ccc(F)cc2F)nn1. The predicted octanol–water partition coefficient (Wildman–Crippen LogP) is 4.28. The van der Waals surface area contributed by atoms with Gasteiger partial charge in [-0.2, -0.15) is 5.10 Å². The summed E-state index contributed by atoms with van der Waals surface area (Å²) in [6.45, 7) is 2.31. The highest BCUT2D eigenvalue weighted by Gasteiger charge is 2.36. The van der Waals surface area contributed by atoms with Gasteiger partial charge in [0.15, 0.2) is 11.5 Å². The van der Waals surface area contributed by atoms with Crippen LogP contribution < -0.4 is 0 Å². The first-order valence-electron chi connectivity index (χ1n) is 10.3. The molecule has 0 saturated heterocycles. The Morgan fingerprint density at radius 3 is 2.58 bits per heavy atom. The van der Waals surface area contributed by atoms with E-state index in [4.69, 9.17) is 11.6 Å². The highest BCUT2D eigenvalue weighted by molar-refractivity contribution is 6.30. The van der Waals surface area contributed by atoms with E-state index >= 15 is 0 Å². The standard InChI is InChI=1S/C23H19ClF2N6O/c1-13-15-5-3-4-6-16(15)18(17-10-27-30(2)22(17)24)11-31(13)23(33)20-12-32(29-28-20)21-8-7-14(25)9-19(21)26/h3-10,12-13,18H,11H2,1-2H3/t13-,18-/m0/s1. The minimum atomic E-state index is -0.801. The smallest absolute Gasteiger partial charge is 0.276 e. The number of aryl methyl sites for hydroxylation is 1. The van der Waals surface area contributed by atoms with Crippen LogP contribution in [0.15, 0.2) is 54.9 Å². The van der Waals surface area contributed by atoms with Crippen LogP contribution in [-0.2, 0) is 7.05 Å². The second-order valence-electron chi connectivity index (χ2n) is 7.97. The average Bonchev–Trinajstić information content (AvgIpc) is 3.41. The number of aromatic nitrogens is 5. The van der Waals surface area contributed by atoms with Gasteiger partial charge in [-0.25, -0.2) is 13.5 Å². The maximum atomic E-state index is 14.2. The van der Waals surface area contributed by atoms with Crippen LogP contribution >= 0.6 is 11.6 Å². The maximum absolute atomic E-state index is 14.2. The lowest BCUT2D eigenvalue weighted by atomic mass is 9.82. The van der Waals surface area contributed by atoms with Gasteiger partial charge in [0.2, 0.25) is 0 Å². The number of carbonyl (C=O) groups is 1. The van der Waals surface area contributed by atoms with Crippen LogP contribution in [0.4, 0.5) is 8.78 Å². The first-order valence-corrected chi connectivity index (χ1v) is 10.7. The van der Waals surface area contributed by atoms with Crippen molar-refractivity contribution in [2.45, 2.75) is 18.9 Å². The molecule has 0 spiro atoms. The lowest BCUT2D eigenvalue weighted by molar-refractivity contribution is 0.0659. The molecule has 0 saturated carbocycles. The Labute approximate surface area is 193 Å². The monoisotopic (exact) mass is 468 g/mol. The summed E-state index contributed by atoms with van der Waals surface area (Å²) in [6, 6.07) is 10.8. The van der Waals surface area contributed by atoms with Crippen LogP contribution in [0, 0.1) is 11.6 Å². The minimum Gasteiger partial charge on any atom is -0.329 e. The van der Waals surface area contributed by atoms with Crippen LogP contribution in [0.3, 0.4) is 0 Å². The van der Waals surface area contributed by atoms with E-state index in [0.717, 1.165) is 33.5 Å². The molecule has 0 unspecified atom stereocenters. The lowest BCUT2D eigenvalue weighted by Crippen LogP contribution is -2.41. The maximum Gasteiger partial charge on any atom is 0.276 e. The number of nitrogens with zero attached hydrogens (tertiary/aromatic N) is 6. The van der Waals surface area contributed by atoms with E-state index in [1.54, 1.807) is 22.8 Å². The quantitative estimate of drug-likeness (QED) is 0.450. The summed E-state index contributed by atoms with van der Waals surface area (Å²) in [5.74, 6) is -2.03. The molecule has 2 aromatic heterocycles. The molecule has 10 heteroatoms. The van der Waals surface area contributed by atoms with Gasteiger partial charge in [0.25, 0.3) is 5.91 Å². The second-order valence-corrected chi connectivity index (χ2v) is 8.33. The van der Waals surface area contributed by atoms with Crippen molar-refractivity contribution in [3.05, 3.63) is 94.0 Å². The van der Waals surface area contributed by atoms with Crippen LogP contribution in [0.25, 0.3) is 5.69 Å². The Bertz CT molecular complexity index is 1370. The lowest BCUT2D eigenvalue weighted by Gasteiger charge is -2.39. The van der Waals surface area contributed by atoms with Gasteiger partial charge < -0.3 is 4.90 Å². The van der Waals surface area contributed by atoms with Crippen molar-refractivity contribution in [3.8, 4) is 5.69 Å². The zero-order chi connectivity index (χ0) is 23.3. The van der Waals surface area contributed by atoms with Crippen molar-refractivity contribution in [1.82, 2.24) is 29.7 Å². The number of rotatable bonds is 3. The molecule has 0 bridgehead atoms. The number of amides is 1. The molecule has 0 N–H and O–H groups in total. The summed E-state index contributed by atoms with van der Waals surface area (Å²) in [4.78, 5) is 15.2. The Kier molecular flexibility index (Phi) is 5.20. The van der Waals surface area contributed by atoms with Crippen molar-refractivity contribution in [3.63, 3.8) is 0 Å². The number of hydrogen-bond acceptors (Lipinski definition) is 4. The van der Waals surface area contributed by atoms with E-state index in [1.807, 2.05) is 31.2 Å². The normalized spacial score (nSPS) is 17.8. The largest absolute Gasteiger partial charge is 0.329 e. The van der Waals surface area contributed by atoms with E-state index < -0.39 is 11.6 Å². The zero-order valence-corrected chi connectivity index (χ0v) is 18.5. The highest BCUT2D eigenvalue weighted by Crippen LogP contribution is 2.41. The van der Waals surface area contributed by atoms with Gasteiger partial charge in [-0.15, -0.1) is 5.10 Å². The van der Waals surface area contributed by atoms with Gasteiger partial charge in [-0.05, 0) is 30.2 Å². The Hall–Kier alpha value is -3.59. The molecular weight excluding hydrogens is 450 g/mol. The fraction of sp³-hybridized carbons (Fsp3) is 0.217. The Balaban J connectivity index is 1.51. The molecule has 2 atom stereocenters. The predicted molar refractivity (Wildman–Crippen MR) is 117 cm³/mol. The zero-order valence-electron chi connectivity index (χ0n) is 17.8. The summed E-state index contributed by atoms with van der Waals surface area (Å²) < 4.78 is 30.1. The minimum absolute atomic E-state index is 0.00000606. The second kappa shape index (κ2) is 8.08. The van der Waals surface area contributed by atoms with Crippen LogP contribution in [0.1, 0.15) is 46.1 Å². The molecular formula is C23H19ClF2N6O. The first kappa shape index (κ1) is 21.3. The molecule has 0 fully saturated rings. The topological polar surface area (TPSA) is 68.8 Å². The molecule has 0 aliphatic carbocycles. The van der Waals surface area contributed by atoms with E-state index in [1.165, 1.54) is 12.3 Å². The van der Waals surface area contributed by atoms with Crippen LogP contribution in [-0.4, -0.2) is 42.1 Å². The van der Waals surface area contributed by atoms with Crippen molar-refractivity contribution >= 4 is 17.5 Å². The highest BCUT2D eigenvalue weighted by atomic mass is 35.5. The van der Waals surface area contributed by atoms with Gasteiger partial charge >= 0.3 is 0 Å². The molecule has 33 heavy (non-hydrogen) atoms. The molecule has 5 rings (SSSR count). The van der Waals surface area contributed by atoms with Crippen molar-refractivity contribution < 1.29 is 13.6 Å². The summed E-state index contributed by atoms with van der Waals surface area (Å²) in [6.07, 6.45) is 3.06. The van der Waals surface area contributed by atoms with Crippen molar-refractivity contribution in [2.24, 2.45) is 7.05 Å². The summed E-state index contributed by atoms with van der Waals surface area (Å²) in [5, 5.41) is 12.6. The van der Waals surface area contributed by atoms with Gasteiger partial charge in [0.05, 0.1) is 18.4 Å². The Morgan fingerprint density at radius 2 is 1.88 bits per heavy atom. The summed E-state index contributed by atoms with van der Waals surface area (Å²) >= 11 is 6.50. The third-order valence-corrected chi connectivity index (χ3v) is 6.53. The van der Waals surface area contributed by atoms with E-state index in [2.05, 4.69) is 15.4 Å². The molecule has 7 nitrogen and oxygen atoms in total. The van der Waals surface area contributed by atoms with E-state index in [0.29, 0.717) is 11.7 Å². The van der Waals surface area contributed by atoms with Crippen molar-refractivity contribution in [2.75, 3.05) is 6.54 Å². The van der Waals surface area contributed by atoms with E-state index in [-0.39, 0.29) is 29.2 Å². The fourth-order valence-corrected chi connectivity index (χ4v) is 4.55. The summed E-state index contributed by atoms with van der Waals surface area (Å²) in [7, 11) is 1.76. The number of halogens is 3.